The van der Waals surface area contributed by atoms with Crippen molar-refractivity contribution in [2.75, 3.05) is 19.6 Å². The molecule has 0 radical (unpaired) electrons. The van der Waals surface area contributed by atoms with Gasteiger partial charge in [-0.3, -0.25) is 4.79 Å². The molecule has 0 unspecified atom stereocenters. The van der Waals surface area contributed by atoms with Gasteiger partial charge in [0.05, 0.1) is 4.90 Å². The van der Waals surface area contributed by atoms with E-state index in [-0.39, 0.29) is 29.6 Å². The van der Waals surface area contributed by atoms with Crippen molar-refractivity contribution in [1.82, 2.24) is 9.62 Å². The van der Waals surface area contributed by atoms with Gasteiger partial charge in [-0.2, -0.15) is 17.5 Å². The molecule has 1 heterocycles. The molecule has 134 valence electrons. The number of piperidine rings is 1. The second-order valence-corrected chi connectivity index (χ2v) is 7.51. The number of hydrogen-bond acceptors (Lipinski definition) is 4. The van der Waals surface area contributed by atoms with Crippen molar-refractivity contribution >= 4 is 15.9 Å². The van der Waals surface area contributed by atoms with Crippen molar-refractivity contribution < 1.29 is 26.4 Å². The van der Waals surface area contributed by atoms with Gasteiger partial charge in [0.25, 0.3) is 5.91 Å². The maximum Gasteiger partial charge on any atom is 0.405 e. The van der Waals surface area contributed by atoms with Crippen LogP contribution in [0.2, 0.25) is 0 Å². The second kappa shape index (κ2) is 7.08. The van der Waals surface area contributed by atoms with E-state index in [2.05, 4.69) is 0 Å². The van der Waals surface area contributed by atoms with E-state index in [9.17, 15) is 26.4 Å². The van der Waals surface area contributed by atoms with Gasteiger partial charge < -0.3 is 11.1 Å². The molecule has 1 aliphatic heterocycles. The van der Waals surface area contributed by atoms with Crippen molar-refractivity contribution in [2.24, 2.45) is 5.73 Å². The third kappa shape index (κ3) is 4.68. The smallest absolute Gasteiger partial charge is 0.343 e. The summed E-state index contributed by atoms with van der Waals surface area (Å²) in [5.41, 5.74) is 5.60. The maximum atomic E-state index is 12.6. The van der Waals surface area contributed by atoms with E-state index in [0.29, 0.717) is 12.8 Å². The predicted molar refractivity (Wildman–Crippen MR) is 80.8 cm³/mol. The summed E-state index contributed by atoms with van der Waals surface area (Å²) in [6.07, 6.45) is -3.47. The van der Waals surface area contributed by atoms with Crippen LogP contribution in [0.5, 0.6) is 0 Å². The zero-order valence-corrected chi connectivity index (χ0v) is 13.5. The molecule has 0 bridgehead atoms. The van der Waals surface area contributed by atoms with Crippen LogP contribution < -0.4 is 11.1 Å². The van der Waals surface area contributed by atoms with Gasteiger partial charge in [0.1, 0.15) is 6.54 Å². The van der Waals surface area contributed by atoms with E-state index < -0.39 is 28.7 Å². The Bertz CT molecular complexity index is 699. The quantitative estimate of drug-likeness (QED) is 0.835. The molecule has 1 aliphatic rings. The zero-order valence-electron chi connectivity index (χ0n) is 12.7. The fraction of sp³-hybridized carbons (Fsp3) is 0.500. The van der Waals surface area contributed by atoms with Crippen molar-refractivity contribution in [3.63, 3.8) is 0 Å². The molecule has 1 fully saturated rings. The molecule has 1 aromatic rings. The summed E-state index contributed by atoms with van der Waals surface area (Å²) in [6, 6.07) is 4.93. The number of rotatable bonds is 4. The van der Waals surface area contributed by atoms with E-state index in [4.69, 9.17) is 5.73 Å². The topological polar surface area (TPSA) is 92.5 Å². The third-order valence-corrected chi connectivity index (χ3v) is 5.58. The minimum atomic E-state index is -4.54. The molecule has 6 nitrogen and oxygen atoms in total. The van der Waals surface area contributed by atoms with Crippen LogP contribution in [0.3, 0.4) is 0 Å². The Hall–Kier alpha value is -1.65. The summed E-state index contributed by atoms with van der Waals surface area (Å²) in [5, 5.41) is 1.71. The van der Waals surface area contributed by atoms with Gasteiger partial charge in [0.15, 0.2) is 0 Å². The normalized spacial score (nSPS) is 17.7. The summed E-state index contributed by atoms with van der Waals surface area (Å²) in [4.78, 5) is 11.6. The lowest BCUT2D eigenvalue weighted by Gasteiger charge is -2.29. The zero-order chi connectivity index (χ0) is 18.0. The number of benzene rings is 1. The third-order valence-electron chi connectivity index (χ3n) is 3.68. The van der Waals surface area contributed by atoms with Crippen LogP contribution >= 0.6 is 0 Å². The van der Waals surface area contributed by atoms with E-state index in [1.165, 1.54) is 22.5 Å². The lowest BCUT2D eigenvalue weighted by molar-refractivity contribution is -0.123. The highest BCUT2D eigenvalue weighted by Gasteiger charge is 2.30. The van der Waals surface area contributed by atoms with Crippen LogP contribution in [0.15, 0.2) is 29.2 Å². The fourth-order valence-electron chi connectivity index (χ4n) is 2.35. The van der Waals surface area contributed by atoms with E-state index in [1.54, 1.807) is 5.32 Å². The first-order valence-electron chi connectivity index (χ1n) is 7.30. The molecule has 2 rings (SSSR count). The van der Waals surface area contributed by atoms with Gasteiger partial charge in [-0.25, -0.2) is 8.42 Å². The minimum Gasteiger partial charge on any atom is -0.343 e. The largest absolute Gasteiger partial charge is 0.405 e. The average molecular weight is 365 g/mol. The molecule has 1 aromatic carbocycles. The number of nitrogens with two attached hydrogens (primary N) is 1. The number of sulfonamides is 1. The van der Waals surface area contributed by atoms with Crippen molar-refractivity contribution in [2.45, 2.75) is 30.0 Å². The molecule has 1 saturated heterocycles. The number of nitrogens with zero attached hydrogens (tertiary/aromatic N) is 1. The number of nitrogens with one attached hydrogen (secondary N) is 1. The van der Waals surface area contributed by atoms with Gasteiger partial charge in [-0.15, -0.1) is 0 Å². The lowest BCUT2D eigenvalue weighted by atomic mass is 10.1. The van der Waals surface area contributed by atoms with Crippen LogP contribution in [0.1, 0.15) is 23.2 Å². The van der Waals surface area contributed by atoms with Gasteiger partial charge >= 0.3 is 6.18 Å². The summed E-state index contributed by atoms with van der Waals surface area (Å²) in [6.45, 7) is -0.936. The molecule has 0 aliphatic carbocycles. The van der Waals surface area contributed by atoms with E-state index in [0.717, 1.165) is 6.07 Å². The number of hydrogen-bond donors (Lipinski definition) is 2. The number of amides is 1. The van der Waals surface area contributed by atoms with Gasteiger partial charge in [-0.05, 0) is 31.0 Å². The first-order valence-corrected chi connectivity index (χ1v) is 8.74. The number of carbonyl (C=O) groups is 1. The monoisotopic (exact) mass is 365 g/mol. The Morgan fingerprint density at radius 1 is 1.29 bits per heavy atom. The molecule has 0 spiro atoms. The van der Waals surface area contributed by atoms with Crippen molar-refractivity contribution in [1.29, 1.82) is 0 Å². The summed E-state index contributed by atoms with van der Waals surface area (Å²) >= 11 is 0. The van der Waals surface area contributed by atoms with Gasteiger partial charge in [0.2, 0.25) is 10.0 Å². The van der Waals surface area contributed by atoms with Crippen LogP contribution in [-0.2, 0) is 10.0 Å². The summed E-state index contributed by atoms with van der Waals surface area (Å²) < 4.78 is 62.8. The highest BCUT2D eigenvalue weighted by Crippen LogP contribution is 2.21. The molecule has 3 N–H and O–H groups in total. The standard InChI is InChI=1S/C14H18F3N3O3S/c15-14(16,17)9-19-13(21)10-2-1-3-12(8-10)24(22,23)20-6-4-11(18)5-7-20/h1-3,8,11H,4-7,9,18H2,(H,19,21). The van der Waals surface area contributed by atoms with E-state index in [1.807, 2.05) is 0 Å². The van der Waals surface area contributed by atoms with Gasteiger partial charge in [0, 0.05) is 24.7 Å². The van der Waals surface area contributed by atoms with Crippen LogP contribution in [-0.4, -0.2) is 50.5 Å². The molecular formula is C14H18F3N3O3S. The Balaban J connectivity index is 2.16. The molecule has 0 aromatic heterocycles. The Kier molecular flexibility index (Phi) is 5.51. The number of carbonyl (C=O) groups excluding carboxylic acids is 1. The van der Waals surface area contributed by atoms with Crippen LogP contribution in [0.4, 0.5) is 13.2 Å². The predicted octanol–water partition coefficient (Wildman–Crippen LogP) is 1.09. The molecule has 10 heteroatoms. The van der Waals surface area contributed by atoms with Gasteiger partial charge in [-0.1, -0.05) is 6.07 Å². The van der Waals surface area contributed by atoms with Crippen LogP contribution in [0, 0.1) is 0 Å². The number of halogens is 3. The highest BCUT2D eigenvalue weighted by atomic mass is 32.2. The molecule has 24 heavy (non-hydrogen) atoms. The highest BCUT2D eigenvalue weighted by molar-refractivity contribution is 7.89. The lowest BCUT2D eigenvalue weighted by Crippen LogP contribution is -2.42. The van der Waals surface area contributed by atoms with Crippen molar-refractivity contribution in [3.8, 4) is 0 Å². The molecule has 0 saturated carbocycles. The summed E-state index contributed by atoms with van der Waals surface area (Å²) in [5.74, 6) is -0.981. The average Bonchev–Trinajstić information content (AvgIpc) is 2.52. The number of alkyl halides is 3. The maximum absolute atomic E-state index is 12.6. The first-order chi connectivity index (χ1) is 11.1. The fourth-order valence-corrected chi connectivity index (χ4v) is 3.86. The Morgan fingerprint density at radius 3 is 2.50 bits per heavy atom. The Labute approximate surface area is 137 Å². The van der Waals surface area contributed by atoms with Crippen molar-refractivity contribution in [3.05, 3.63) is 29.8 Å². The SMILES string of the molecule is NC1CCN(S(=O)(=O)c2cccc(C(=O)NCC(F)(F)F)c2)CC1. The van der Waals surface area contributed by atoms with Crippen LogP contribution in [0.25, 0.3) is 0 Å². The summed E-state index contributed by atoms with van der Waals surface area (Å²) in [7, 11) is -3.81. The Morgan fingerprint density at radius 2 is 1.92 bits per heavy atom. The first kappa shape index (κ1) is 18.7. The molecule has 0 atom stereocenters. The molecular weight excluding hydrogens is 347 g/mol. The second-order valence-electron chi connectivity index (χ2n) is 5.57. The molecule has 1 amide bonds. The minimum absolute atomic E-state index is 0.0454. The van der Waals surface area contributed by atoms with E-state index >= 15 is 0 Å².